The highest BCUT2D eigenvalue weighted by Crippen LogP contribution is 2.13. The van der Waals surface area contributed by atoms with Crippen molar-refractivity contribution in [2.45, 2.75) is 11.1 Å². The van der Waals surface area contributed by atoms with Crippen molar-refractivity contribution in [3.8, 4) is 0 Å². The maximum atomic E-state index is 12.5. The molecule has 1 unspecified atom stereocenters. The van der Waals surface area contributed by atoms with E-state index in [0.717, 1.165) is 24.3 Å². The lowest BCUT2D eigenvalue weighted by Gasteiger charge is -2.05. The van der Waals surface area contributed by atoms with Crippen LogP contribution in [0.2, 0.25) is 0 Å². The third kappa shape index (κ3) is 3.20. The number of benzene rings is 1. The van der Waals surface area contributed by atoms with E-state index in [1.54, 1.807) is 0 Å². The summed E-state index contributed by atoms with van der Waals surface area (Å²) in [5.41, 5.74) is 7.99. The highest BCUT2D eigenvalue weighted by Gasteiger charge is 2.18. The first-order valence-electron chi connectivity index (χ1n) is 4.16. The van der Waals surface area contributed by atoms with Gasteiger partial charge in [-0.1, -0.05) is 5.11 Å². The summed E-state index contributed by atoms with van der Waals surface area (Å²) in [6.07, 6.45) is -1.65. The molecule has 0 bridgehead atoms. The Morgan fingerprint density at radius 2 is 2.00 bits per heavy atom. The van der Waals surface area contributed by atoms with Gasteiger partial charge < -0.3 is 5.11 Å². The summed E-state index contributed by atoms with van der Waals surface area (Å²) in [7, 11) is -3.78. The Labute approximate surface area is 90.9 Å². The van der Waals surface area contributed by atoms with E-state index in [1.165, 1.54) is 0 Å². The topological polar surface area (TPSA) is 103 Å². The molecule has 86 valence electrons. The highest BCUT2D eigenvalue weighted by molar-refractivity contribution is 7.91. The molecule has 16 heavy (non-hydrogen) atoms. The third-order valence-corrected chi connectivity index (χ3v) is 3.45. The second kappa shape index (κ2) is 4.93. The van der Waals surface area contributed by atoms with Crippen LogP contribution in [0.5, 0.6) is 0 Å². The number of nitrogens with zero attached hydrogens (tertiary/aromatic N) is 3. The first kappa shape index (κ1) is 12.4. The van der Waals surface area contributed by atoms with Crippen molar-refractivity contribution in [3.63, 3.8) is 0 Å². The van der Waals surface area contributed by atoms with Gasteiger partial charge in [-0.2, -0.15) is 0 Å². The van der Waals surface area contributed by atoms with Gasteiger partial charge in [0.15, 0.2) is 9.84 Å². The van der Waals surface area contributed by atoms with Crippen LogP contribution in [0.1, 0.15) is 0 Å². The lowest BCUT2D eigenvalue weighted by atomic mass is 10.4. The molecule has 1 atom stereocenters. The van der Waals surface area contributed by atoms with Gasteiger partial charge in [0, 0.05) is 4.91 Å². The molecule has 0 aliphatic carbocycles. The van der Waals surface area contributed by atoms with E-state index in [4.69, 9.17) is 10.6 Å². The molecule has 0 aliphatic rings. The Balaban J connectivity index is 2.94. The maximum Gasteiger partial charge on any atom is 0.181 e. The molecule has 1 aromatic rings. The van der Waals surface area contributed by atoms with E-state index < -0.39 is 27.6 Å². The highest BCUT2D eigenvalue weighted by atomic mass is 32.2. The van der Waals surface area contributed by atoms with Crippen molar-refractivity contribution in [2.75, 3.05) is 5.75 Å². The van der Waals surface area contributed by atoms with Crippen molar-refractivity contribution in [3.05, 3.63) is 40.5 Å². The molecule has 0 amide bonds. The molecule has 0 radical (unpaired) electrons. The molecule has 0 aliphatic heterocycles. The molecular formula is C8H8FN3O3S. The summed E-state index contributed by atoms with van der Waals surface area (Å²) in [6.45, 7) is 0. The predicted molar refractivity (Wildman–Crippen MR) is 53.6 cm³/mol. The Bertz CT molecular complexity index is 508. The van der Waals surface area contributed by atoms with Gasteiger partial charge in [-0.3, -0.25) is 0 Å². The van der Waals surface area contributed by atoms with Crippen molar-refractivity contribution >= 4 is 9.84 Å². The molecule has 0 fully saturated rings. The molecule has 0 heterocycles. The van der Waals surface area contributed by atoms with Crippen molar-refractivity contribution in [1.29, 1.82) is 0 Å². The summed E-state index contributed by atoms with van der Waals surface area (Å²) in [5, 5.41) is 11.9. The first-order chi connectivity index (χ1) is 7.45. The fourth-order valence-corrected chi connectivity index (χ4v) is 2.23. The SMILES string of the molecule is [N-]=[N+]=NC(O)CS(=O)(=O)c1ccc(F)cc1. The van der Waals surface area contributed by atoms with Crippen molar-refractivity contribution in [2.24, 2.45) is 5.11 Å². The van der Waals surface area contributed by atoms with Gasteiger partial charge in [0.05, 0.1) is 10.6 Å². The van der Waals surface area contributed by atoms with Crippen LogP contribution in [0, 0.1) is 5.82 Å². The normalized spacial score (nSPS) is 12.9. The van der Waals surface area contributed by atoms with Gasteiger partial charge in [-0.25, -0.2) is 12.8 Å². The van der Waals surface area contributed by atoms with E-state index in [0.29, 0.717) is 0 Å². The Hall–Kier alpha value is -1.63. The second-order valence-corrected chi connectivity index (χ2v) is 4.96. The minimum Gasteiger partial charge on any atom is -0.386 e. The van der Waals surface area contributed by atoms with E-state index >= 15 is 0 Å². The average Bonchev–Trinajstić information content (AvgIpc) is 2.17. The molecule has 6 nitrogen and oxygen atoms in total. The monoisotopic (exact) mass is 245 g/mol. The number of halogens is 1. The zero-order valence-electron chi connectivity index (χ0n) is 7.99. The van der Waals surface area contributed by atoms with Gasteiger partial charge in [-0.15, -0.1) is 0 Å². The van der Waals surface area contributed by atoms with E-state index in [2.05, 4.69) is 10.0 Å². The van der Waals surface area contributed by atoms with Gasteiger partial charge in [0.25, 0.3) is 0 Å². The number of hydrogen-bond donors (Lipinski definition) is 1. The first-order valence-corrected chi connectivity index (χ1v) is 5.81. The molecule has 1 N–H and O–H groups in total. The number of azide groups is 1. The van der Waals surface area contributed by atoms with Crippen molar-refractivity contribution in [1.82, 2.24) is 0 Å². The van der Waals surface area contributed by atoms with Crippen LogP contribution in [0.15, 0.2) is 34.3 Å². The number of aliphatic hydroxyl groups excluding tert-OH is 1. The maximum absolute atomic E-state index is 12.5. The molecule has 1 rings (SSSR count). The van der Waals surface area contributed by atoms with Crippen LogP contribution in [-0.2, 0) is 9.84 Å². The largest absolute Gasteiger partial charge is 0.386 e. The Kier molecular flexibility index (Phi) is 3.83. The lowest BCUT2D eigenvalue weighted by Crippen LogP contribution is -2.18. The summed E-state index contributed by atoms with van der Waals surface area (Å²) in [6, 6.07) is 4.14. The van der Waals surface area contributed by atoms with Gasteiger partial charge in [0.1, 0.15) is 12.0 Å². The summed E-state index contributed by atoms with van der Waals surface area (Å²) in [4.78, 5) is 2.14. The average molecular weight is 245 g/mol. The van der Waals surface area contributed by atoms with Crippen LogP contribution >= 0.6 is 0 Å². The van der Waals surface area contributed by atoms with E-state index in [1.807, 2.05) is 0 Å². The number of rotatable bonds is 4. The smallest absolute Gasteiger partial charge is 0.181 e. The fraction of sp³-hybridized carbons (Fsp3) is 0.250. The molecule has 0 spiro atoms. The van der Waals surface area contributed by atoms with E-state index in [-0.39, 0.29) is 4.90 Å². The number of hydrogen-bond acceptors (Lipinski definition) is 4. The molecule has 8 heteroatoms. The molecular weight excluding hydrogens is 237 g/mol. The van der Waals surface area contributed by atoms with Crippen LogP contribution in [0.25, 0.3) is 10.4 Å². The third-order valence-electron chi connectivity index (χ3n) is 1.73. The quantitative estimate of drug-likeness (QED) is 0.373. The van der Waals surface area contributed by atoms with Crippen LogP contribution in [0.3, 0.4) is 0 Å². The molecule has 1 aromatic carbocycles. The second-order valence-electron chi connectivity index (χ2n) is 2.92. The predicted octanol–water partition coefficient (Wildman–Crippen LogP) is 1.23. The van der Waals surface area contributed by atoms with Crippen molar-refractivity contribution < 1.29 is 17.9 Å². The molecule has 0 aromatic heterocycles. The zero-order valence-corrected chi connectivity index (χ0v) is 8.80. The minimum atomic E-state index is -3.78. The minimum absolute atomic E-state index is 0.138. The van der Waals surface area contributed by atoms with Crippen LogP contribution in [-0.4, -0.2) is 25.5 Å². The fourth-order valence-electron chi connectivity index (χ4n) is 1.03. The van der Waals surface area contributed by atoms with Crippen LogP contribution in [0.4, 0.5) is 4.39 Å². The zero-order chi connectivity index (χ0) is 12.2. The Morgan fingerprint density at radius 1 is 1.44 bits per heavy atom. The Morgan fingerprint density at radius 3 is 2.50 bits per heavy atom. The number of aliphatic hydroxyl groups is 1. The van der Waals surface area contributed by atoms with Gasteiger partial charge in [0.2, 0.25) is 0 Å². The standard InChI is InChI=1S/C8H8FN3O3S/c9-6-1-3-7(4-2-6)16(14,15)5-8(13)11-12-10/h1-4,8,13H,5H2. The van der Waals surface area contributed by atoms with Gasteiger partial charge in [-0.05, 0) is 29.8 Å². The summed E-state index contributed by atoms with van der Waals surface area (Å²) in [5.74, 6) is -1.29. The summed E-state index contributed by atoms with van der Waals surface area (Å²) < 4.78 is 35.7. The van der Waals surface area contributed by atoms with Gasteiger partial charge >= 0.3 is 0 Å². The molecule has 0 saturated heterocycles. The van der Waals surface area contributed by atoms with Crippen LogP contribution < -0.4 is 0 Å². The summed E-state index contributed by atoms with van der Waals surface area (Å²) >= 11 is 0. The van der Waals surface area contributed by atoms with E-state index in [9.17, 15) is 12.8 Å². The molecule has 0 saturated carbocycles. The lowest BCUT2D eigenvalue weighted by molar-refractivity contribution is 0.205. The number of sulfone groups is 1.